The molecular weight excluding hydrogens is 457 g/mol. The van der Waals surface area contributed by atoms with Gasteiger partial charge in [-0.1, -0.05) is 37.8 Å². The molecule has 0 aromatic heterocycles. The van der Waals surface area contributed by atoms with Gasteiger partial charge in [0.05, 0.1) is 5.92 Å². The number of halogens is 1. The molecule has 1 aromatic carbocycles. The highest BCUT2D eigenvalue weighted by Gasteiger charge is 2.53. The Labute approximate surface area is 213 Å². The maximum atomic E-state index is 13.8. The SMILES string of the molecule is O=C=C1CCCCCC(C(=O)OCC(=O)N(Cc2ccc(F)cc2)C23CCCC4CC(CC4C2)C3)C1. The van der Waals surface area contributed by atoms with Gasteiger partial charge in [0.25, 0.3) is 5.91 Å². The van der Waals surface area contributed by atoms with Crippen LogP contribution in [0.1, 0.15) is 89.0 Å². The highest BCUT2D eigenvalue weighted by atomic mass is 19.1. The fourth-order valence-corrected chi connectivity index (χ4v) is 7.79. The molecule has 0 spiro atoms. The molecule has 0 N–H and O–H groups in total. The van der Waals surface area contributed by atoms with Gasteiger partial charge in [0.15, 0.2) is 6.61 Å². The van der Waals surface area contributed by atoms with Gasteiger partial charge in [0.2, 0.25) is 0 Å². The lowest BCUT2D eigenvalue weighted by atomic mass is 9.72. The van der Waals surface area contributed by atoms with Crippen LogP contribution in [0.2, 0.25) is 0 Å². The van der Waals surface area contributed by atoms with Gasteiger partial charge in [-0.25, -0.2) is 9.18 Å². The van der Waals surface area contributed by atoms with E-state index in [1.54, 1.807) is 12.1 Å². The van der Waals surface area contributed by atoms with Crippen LogP contribution in [0.5, 0.6) is 0 Å². The standard InChI is InChI=1S/C30H38FNO4/c31-27-10-8-21(9-11-27)18-32(30-12-4-7-24-14-23(16-30)15-26(24)17-30)28(34)20-36-29(35)25-6-3-1-2-5-22(13-25)19-33/h8-11,23-26H,1-7,12-18,20H2. The second-order valence-electron chi connectivity index (χ2n) is 11.8. The van der Waals surface area contributed by atoms with Crippen LogP contribution in [0.15, 0.2) is 29.8 Å². The average molecular weight is 496 g/mol. The number of amides is 1. The average Bonchev–Trinajstić information content (AvgIpc) is 3.07. The summed E-state index contributed by atoms with van der Waals surface area (Å²) in [6.45, 7) is 0.124. The summed E-state index contributed by atoms with van der Waals surface area (Å²) >= 11 is 0. The van der Waals surface area contributed by atoms with Crippen LogP contribution in [-0.2, 0) is 25.7 Å². The molecule has 5 unspecified atom stereocenters. The summed E-state index contributed by atoms with van der Waals surface area (Å²) in [6, 6.07) is 6.38. The molecule has 3 bridgehead atoms. The molecule has 0 radical (unpaired) electrons. The lowest BCUT2D eigenvalue weighted by molar-refractivity contribution is -0.160. The van der Waals surface area contributed by atoms with Crippen molar-refractivity contribution in [1.82, 2.24) is 4.90 Å². The molecule has 4 fully saturated rings. The van der Waals surface area contributed by atoms with Crippen LogP contribution in [0.25, 0.3) is 0 Å². The van der Waals surface area contributed by atoms with Crippen molar-refractivity contribution in [3.8, 4) is 0 Å². The Balaban J connectivity index is 1.32. The minimum Gasteiger partial charge on any atom is -0.455 e. The second kappa shape index (κ2) is 10.9. The lowest BCUT2D eigenvalue weighted by Gasteiger charge is -2.48. The van der Waals surface area contributed by atoms with E-state index < -0.39 is 0 Å². The summed E-state index contributed by atoms with van der Waals surface area (Å²) < 4.78 is 19.2. The molecule has 1 amide bonds. The summed E-state index contributed by atoms with van der Waals surface area (Å²) in [5, 5.41) is 0. The smallest absolute Gasteiger partial charge is 0.309 e. The van der Waals surface area contributed by atoms with Crippen LogP contribution in [-0.4, -0.2) is 34.9 Å². The van der Waals surface area contributed by atoms with E-state index in [1.807, 2.05) is 10.8 Å². The predicted octanol–water partition coefficient (Wildman–Crippen LogP) is 5.78. The maximum Gasteiger partial charge on any atom is 0.309 e. The monoisotopic (exact) mass is 495 g/mol. The Hall–Kier alpha value is -2.46. The molecule has 5 nitrogen and oxygen atoms in total. The molecule has 6 heteroatoms. The Morgan fingerprint density at radius 1 is 1.03 bits per heavy atom. The van der Waals surface area contributed by atoms with Gasteiger partial charge >= 0.3 is 5.97 Å². The van der Waals surface area contributed by atoms with Crippen molar-refractivity contribution in [2.75, 3.05) is 6.61 Å². The van der Waals surface area contributed by atoms with E-state index in [4.69, 9.17) is 4.74 Å². The largest absolute Gasteiger partial charge is 0.455 e. The van der Waals surface area contributed by atoms with Crippen LogP contribution in [0.4, 0.5) is 4.39 Å². The predicted molar refractivity (Wildman–Crippen MR) is 134 cm³/mol. The van der Waals surface area contributed by atoms with E-state index in [0.717, 1.165) is 56.4 Å². The molecule has 194 valence electrons. The van der Waals surface area contributed by atoms with E-state index in [0.29, 0.717) is 43.2 Å². The molecule has 4 aliphatic carbocycles. The second-order valence-corrected chi connectivity index (χ2v) is 11.8. The fourth-order valence-electron chi connectivity index (χ4n) is 7.79. The third-order valence-corrected chi connectivity index (χ3v) is 9.43. The number of carbonyl (C=O) groups is 2. The number of hydrogen-bond acceptors (Lipinski definition) is 4. The number of allylic oxidation sites excluding steroid dienone is 1. The topological polar surface area (TPSA) is 63.7 Å². The van der Waals surface area contributed by atoms with Crippen LogP contribution >= 0.6 is 0 Å². The quantitative estimate of drug-likeness (QED) is 0.370. The number of esters is 1. The van der Waals surface area contributed by atoms with Crippen molar-refractivity contribution in [3.63, 3.8) is 0 Å². The van der Waals surface area contributed by atoms with E-state index in [1.165, 1.54) is 31.4 Å². The third-order valence-electron chi connectivity index (χ3n) is 9.43. The summed E-state index contributed by atoms with van der Waals surface area (Å²) in [5.41, 5.74) is 1.32. The van der Waals surface area contributed by atoms with Gasteiger partial charge in [-0.15, -0.1) is 0 Å². The first-order valence-electron chi connectivity index (χ1n) is 13.9. The Kier molecular flexibility index (Phi) is 7.62. The van der Waals surface area contributed by atoms with E-state index in [2.05, 4.69) is 0 Å². The minimum atomic E-state index is -0.387. The lowest BCUT2D eigenvalue weighted by Crippen LogP contribution is -2.55. The first kappa shape index (κ1) is 25.2. The van der Waals surface area contributed by atoms with Gasteiger partial charge in [-0.3, -0.25) is 9.59 Å². The zero-order valence-electron chi connectivity index (χ0n) is 21.2. The number of ether oxygens (including phenoxy) is 1. The first-order valence-corrected chi connectivity index (χ1v) is 13.9. The van der Waals surface area contributed by atoms with Gasteiger partial charge in [0, 0.05) is 17.7 Å². The van der Waals surface area contributed by atoms with E-state index >= 15 is 0 Å². The third kappa shape index (κ3) is 5.44. The zero-order valence-corrected chi connectivity index (χ0v) is 21.2. The Morgan fingerprint density at radius 3 is 2.64 bits per heavy atom. The molecule has 4 saturated carbocycles. The number of rotatable bonds is 6. The van der Waals surface area contributed by atoms with Crippen LogP contribution < -0.4 is 0 Å². The normalized spacial score (nSPS) is 31.6. The van der Waals surface area contributed by atoms with Gasteiger partial charge in [0.1, 0.15) is 11.8 Å². The number of fused-ring (bicyclic) bond motifs is 2. The first-order chi connectivity index (χ1) is 17.5. The molecular formula is C30H38FNO4. The van der Waals surface area contributed by atoms with E-state index in [-0.39, 0.29) is 35.8 Å². The molecule has 0 aliphatic heterocycles. The fraction of sp³-hybridized carbons (Fsp3) is 0.667. The van der Waals surface area contributed by atoms with Gasteiger partial charge < -0.3 is 9.64 Å². The van der Waals surface area contributed by atoms with Crippen molar-refractivity contribution in [3.05, 3.63) is 41.2 Å². The van der Waals surface area contributed by atoms with Crippen molar-refractivity contribution < 1.29 is 23.5 Å². The van der Waals surface area contributed by atoms with E-state index in [9.17, 15) is 18.8 Å². The number of benzene rings is 1. The summed E-state index contributed by atoms with van der Waals surface area (Å²) in [6.07, 6.45) is 12.5. The molecule has 1 aromatic rings. The van der Waals surface area contributed by atoms with Crippen LogP contribution in [0.3, 0.4) is 0 Å². The molecule has 5 atom stereocenters. The van der Waals surface area contributed by atoms with Gasteiger partial charge in [-0.2, -0.15) is 0 Å². The Morgan fingerprint density at radius 2 is 1.83 bits per heavy atom. The molecule has 5 rings (SSSR count). The Bertz CT molecular complexity index is 1020. The summed E-state index contributed by atoms with van der Waals surface area (Å²) in [4.78, 5) is 40.0. The van der Waals surface area contributed by atoms with Crippen molar-refractivity contribution in [2.45, 2.75) is 95.6 Å². The minimum absolute atomic E-state index is 0.163. The molecule has 0 heterocycles. The zero-order chi connectivity index (χ0) is 25.1. The summed E-state index contributed by atoms with van der Waals surface area (Å²) in [5.74, 6) is 2.88. The van der Waals surface area contributed by atoms with Crippen molar-refractivity contribution in [1.29, 1.82) is 0 Å². The molecule has 36 heavy (non-hydrogen) atoms. The number of carbonyl (C=O) groups excluding carboxylic acids is 3. The van der Waals surface area contributed by atoms with Crippen LogP contribution in [0, 0.1) is 29.5 Å². The van der Waals surface area contributed by atoms with Crippen molar-refractivity contribution >= 4 is 17.8 Å². The summed E-state index contributed by atoms with van der Waals surface area (Å²) in [7, 11) is 0. The number of nitrogens with zero attached hydrogens (tertiary/aromatic N) is 1. The number of hydrogen-bond donors (Lipinski definition) is 0. The molecule has 4 aliphatic rings. The maximum absolute atomic E-state index is 13.8. The highest BCUT2D eigenvalue weighted by Crippen LogP contribution is 2.57. The van der Waals surface area contributed by atoms with Crippen molar-refractivity contribution in [2.24, 2.45) is 23.7 Å². The molecule has 0 saturated heterocycles. The van der Waals surface area contributed by atoms with Gasteiger partial charge in [-0.05, 0) is 93.2 Å². The highest BCUT2D eigenvalue weighted by molar-refractivity contribution is 5.82.